The molecule has 1 aromatic rings. The first-order chi connectivity index (χ1) is 8.76. The standard InChI is InChI=1S/C13H20N2O3S/c1-4-10(3)15-13(16)8-19(17,18)12-7-11(14)6-5-9(12)2/h5-7,10H,4,8,14H2,1-3H3,(H,15,16). The molecule has 5 nitrogen and oxygen atoms in total. The smallest absolute Gasteiger partial charge is 0.235 e. The lowest BCUT2D eigenvalue weighted by molar-refractivity contribution is -0.119. The minimum atomic E-state index is -3.66. The number of carbonyl (C=O) groups is 1. The summed E-state index contributed by atoms with van der Waals surface area (Å²) in [5.74, 6) is -1.04. The third-order valence-corrected chi connectivity index (χ3v) is 4.64. The average Bonchev–Trinajstić information content (AvgIpc) is 2.31. The van der Waals surface area contributed by atoms with Gasteiger partial charge in [-0.05, 0) is 38.0 Å². The molecule has 1 rings (SSSR count). The number of anilines is 1. The van der Waals surface area contributed by atoms with Crippen LogP contribution in [0.1, 0.15) is 25.8 Å². The molecule has 0 bridgehead atoms. The normalized spacial score (nSPS) is 13.0. The molecular formula is C13H20N2O3S. The minimum absolute atomic E-state index is 0.0374. The van der Waals surface area contributed by atoms with Crippen LogP contribution in [0.4, 0.5) is 5.69 Å². The second-order valence-electron chi connectivity index (χ2n) is 4.66. The molecule has 0 saturated carbocycles. The lowest BCUT2D eigenvalue weighted by Crippen LogP contribution is -2.36. The minimum Gasteiger partial charge on any atom is -0.399 e. The SMILES string of the molecule is CCC(C)NC(=O)CS(=O)(=O)c1cc(N)ccc1C. The van der Waals surface area contributed by atoms with Gasteiger partial charge in [-0.15, -0.1) is 0 Å². The second-order valence-corrected chi connectivity index (χ2v) is 6.62. The van der Waals surface area contributed by atoms with Crippen LogP contribution < -0.4 is 11.1 Å². The fraction of sp³-hybridized carbons (Fsp3) is 0.462. The molecule has 106 valence electrons. The number of aryl methyl sites for hydroxylation is 1. The predicted octanol–water partition coefficient (Wildman–Crippen LogP) is 1.27. The van der Waals surface area contributed by atoms with E-state index in [-0.39, 0.29) is 10.9 Å². The number of hydrogen-bond donors (Lipinski definition) is 2. The van der Waals surface area contributed by atoms with Crippen LogP contribution in [0.2, 0.25) is 0 Å². The zero-order valence-electron chi connectivity index (χ0n) is 11.4. The van der Waals surface area contributed by atoms with Crippen LogP contribution in [-0.2, 0) is 14.6 Å². The molecule has 0 aliphatic heterocycles. The van der Waals surface area contributed by atoms with Crippen molar-refractivity contribution >= 4 is 21.4 Å². The highest BCUT2D eigenvalue weighted by atomic mass is 32.2. The maximum atomic E-state index is 12.2. The van der Waals surface area contributed by atoms with Crippen LogP contribution in [0.5, 0.6) is 0 Å². The highest BCUT2D eigenvalue weighted by Crippen LogP contribution is 2.19. The van der Waals surface area contributed by atoms with Gasteiger partial charge in [0, 0.05) is 11.7 Å². The predicted molar refractivity (Wildman–Crippen MR) is 75.5 cm³/mol. The lowest BCUT2D eigenvalue weighted by atomic mass is 10.2. The van der Waals surface area contributed by atoms with Gasteiger partial charge in [0.1, 0.15) is 5.75 Å². The third-order valence-electron chi connectivity index (χ3n) is 2.89. The van der Waals surface area contributed by atoms with Crippen molar-refractivity contribution < 1.29 is 13.2 Å². The van der Waals surface area contributed by atoms with Crippen LogP contribution >= 0.6 is 0 Å². The number of nitrogen functional groups attached to an aromatic ring is 1. The number of nitrogens with two attached hydrogens (primary N) is 1. The Hall–Kier alpha value is -1.56. The summed E-state index contributed by atoms with van der Waals surface area (Å²) in [6, 6.07) is 4.62. The Morgan fingerprint density at radius 1 is 1.42 bits per heavy atom. The number of benzene rings is 1. The molecule has 0 saturated heterocycles. The first kappa shape index (κ1) is 15.5. The van der Waals surface area contributed by atoms with E-state index in [1.807, 2.05) is 13.8 Å². The van der Waals surface area contributed by atoms with E-state index in [1.54, 1.807) is 19.1 Å². The quantitative estimate of drug-likeness (QED) is 0.797. The van der Waals surface area contributed by atoms with Crippen molar-refractivity contribution in [3.8, 4) is 0 Å². The number of rotatable bonds is 5. The van der Waals surface area contributed by atoms with E-state index in [4.69, 9.17) is 5.73 Å². The van der Waals surface area contributed by atoms with Crippen molar-refractivity contribution in [1.29, 1.82) is 0 Å². The molecule has 0 aliphatic carbocycles. The van der Waals surface area contributed by atoms with Gasteiger partial charge in [0.2, 0.25) is 5.91 Å². The summed E-state index contributed by atoms with van der Waals surface area (Å²) in [7, 11) is -3.66. The summed E-state index contributed by atoms with van der Waals surface area (Å²) in [4.78, 5) is 11.8. The van der Waals surface area contributed by atoms with Gasteiger partial charge in [-0.1, -0.05) is 13.0 Å². The molecule has 19 heavy (non-hydrogen) atoms. The van der Waals surface area contributed by atoms with Crippen molar-refractivity contribution in [2.24, 2.45) is 0 Å². The van der Waals surface area contributed by atoms with E-state index in [0.717, 1.165) is 6.42 Å². The first-order valence-electron chi connectivity index (χ1n) is 6.14. The fourth-order valence-corrected chi connectivity index (χ4v) is 3.08. The number of carbonyl (C=O) groups excluding carboxylic acids is 1. The Morgan fingerprint density at radius 3 is 2.63 bits per heavy atom. The number of hydrogen-bond acceptors (Lipinski definition) is 4. The molecule has 0 aliphatic rings. The molecule has 0 radical (unpaired) electrons. The number of amides is 1. The van der Waals surface area contributed by atoms with E-state index in [2.05, 4.69) is 5.32 Å². The van der Waals surface area contributed by atoms with Crippen LogP contribution in [-0.4, -0.2) is 26.1 Å². The van der Waals surface area contributed by atoms with Gasteiger partial charge >= 0.3 is 0 Å². The third kappa shape index (κ3) is 4.24. The highest BCUT2D eigenvalue weighted by Gasteiger charge is 2.22. The van der Waals surface area contributed by atoms with Gasteiger partial charge in [-0.2, -0.15) is 0 Å². The zero-order chi connectivity index (χ0) is 14.6. The number of sulfone groups is 1. The van der Waals surface area contributed by atoms with E-state index in [9.17, 15) is 13.2 Å². The Morgan fingerprint density at radius 2 is 2.05 bits per heavy atom. The maximum absolute atomic E-state index is 12.2. The Labute approximate surface area is 114 Å². The van der Waals surface area contributed by atoms with Crippen molar-refractivity contribution in [1.82, 2.24) is 5.32 Å². The summed E-state index contributed by atoms with van der Waals surface area (Å²) >= 11 is 0. The van der Waals surface area contributed by atoms with Crippen LogP contribution in [0.15, 0.2) is 23.1 Å². The van der Waals surface area contributed by atoms with E-state index >= 15 is 0 Å². The van der Waals surface area contributed by atoms with Crippen LogP contribution in [0, 0.1) is 6.92 Å². The van der Waals surface area contributed by atoms with E-state index in [0.29, 0.717) is 11.3 Å². The molecule has 1 amide bonds. The maximum Gasteiger partial charge on any atom is 0.235 e. The fourth-order valence-electron chi connectivity index (χ4n) is 1.62. The van der Waals surface area contributed by atoms with Crippen molar-refractivity contribution in [2.75, 3.05) is 11.5 Å². The van der Waals surface area contributed by atoms with Crippen molar-refractivity contribution in [2.45, 2.75) is 38.1 Å². The molecule has 0 aromatic heterocycles. The van der Waals surface area contributed by atoms with Gasteiger partial charge in [0.15, 0.2) is 9.84 Å². The summed E-state index contributed by atoms with van der Waals surface area (Å²) in [5, 5.41) is 2.64. The summed E-state index contributed by atoms with van der Waals surface area (Å²) in [6.07, 6.45) is 0.753. The molecule has 0 fully saturated rings. The monoisotopic (exact) mass is 284 g/mol. The zero-order valence-corrected chi connectivity index (χ0v) is 12.3. The average molecular weight is 284 g/mol. The topological polar surface area (TPSA) is 89.3 Å². The molecule has 1 atom stereocenters. The molecule has 1 unspecified atom stereocenters. The van der Waals surface area contributed by atoms with Crippen molar-refractivity contribution in [3.05, 3.63) is 23.8 Å². The Balaban J connectivity index is 2.93. The van der Waals surface area contributed by atoms with Crippen LogP contribution in [0.25, 0.3) is 0 Å². The molecule has 6 heteroatoms. The summed E-state index contributed by atoms with van der Waals surface area (Å²) in [5.41, 5.74) is 6.55. The summed E-state index contributed by atoms with van der Waals surface area (Å²) < 4.78 is 24.3. The molecule has 1 aromatic carbocycles. The van der Waals surface area contributed by atoms with Crippen LogP contribution in [0.3, 0.4) is 0 Å². The van der Waals surface area contributed by atoms with Gasteiger partial charge in [0.25, 0.3) is 0 Å². The lowest BCUT2D eigenvalue weighted by Gasteiger charge is -2.12. The molecular weight excluding hydrogens is 264 g/mol. The van der Waals surface area contributed by atoms with Gasteiger partial charge < -0.3 is 11.1 Å². The van der Waals surface area contributed by atoms with Crippen molar-refractivity contribution in [3.63, 3.8) is 0 Å². The largest absolute Gasteiger partial charge is 0.399 e. The Kier molecular flexibility index (Phi) is 4.94. The number of nitrogens with one attached hydrogen (secondary N) is 1. The van der Waals surface area contributed by atoms with Gasteiger partial charge in [-0.3, -0.25) is 4.79 Å². The van der Waals surface area contributed by atoms with E-state index in [1.165, 1.54) is 6.07 Å². The van der Waals surface area contributed by atoms with Gasteiger partial charge in [-0.25, -0.2) is 8.42 Å². The Bertz CT molecular complexity index is 567. The first-order valence-corrected chi connectivity index (χ1v) is 7.79. The summed E-state index contributed by atoms with van der Waals surface area (Å²) in [6.45, 7) is 5.43. The molecule has 3 N–H and O–H groups in total. The second kappa shape index (κ2) is 6.06. The highest BCUT2D eigenvalue weighted by molar-refractivity contribution is 7.92. The van der Waals surface area contributed by atoms with E-state index < -0.39 is 21.5 Å². The molecule has 0 heterocycles. The molecule has 0 spiro atoms. The van der Waals surface area contributed by atoms with Gasteiger partial charge in [0.05, 0.1) is 4.90 Å².